The molecule has 2 aromatic carbocycles. The van der Waals surface area contributed by atoms with Gasteiger partial charge in [-0.25, -0.2) is 9.37 Å². The molecule has 38 heavy (non-hydrogen) atoms. The lowest BCUT2D eigenvalue weighted by molar-refractivity contribution is 0.0630. The third-order valence-corrected chi connectivity index (χ3v) is 7.37. The highest BCUT2D eigenvalue weighted by Crippen LogP contribution is 2.37. The minimum absolute atomic E-state index is 0.0286. The Hall–Kier alpha value is -2.91. The number of nitrogens with two attached hydrogens (primary N) is 1. The molecule has 1 aliphatic rings. The summed E-state index contributed by atoms with van der Waals surface area (Å²) in [5, 5.41) is 0.199. The highest BCUT2D eigenvalue weighted by molar-refractivity contribution is 6.36. The third-order valence-electron chi connectivity index (χ3n) is 6.66. The molecule has 0 spiro atoms. The van der Waals surface area contributed by atoms with Gasteiger partial charge in [-0.15, -0.1) is 0 Å². The number of nitrogens with zero attached hydrogens (tertiary/aromatic N) is 4. The lowest BCUT2D eigenvalue weighted by atomic mass is 10.0. The van der Waals surface area contributed by atoms with Gasteiger partial charge in [0.1, 0.15) is 11.9 Å². The van der Waals surface area contributed by atoms with Crippen LogP contribution in [-0.4, -0.2) is 79.0 Å². The van der Waals surface area contributed by atoms with Crippen LogP contribution in [0.5, 0.6) is 5.75 Å². The predicted molar refractivity (Wildman–Crippen MR) is 150 cm³/mol. The molecule has 1 unspecified atom stereocenters. The maximum absolute atomic E-state index is 14.0. The minimum atomic E-state index is -0.673. The summed E-state index contributed by atoms with van der Waals surface area (Å²) >= 11 is 12.4. The fourth-order valence-electron chi connectivity index (χ4n) is 4.38. The molecule has 1 amide bonds. The number of hydrogen-bond acceptors (Lipinski definition) is 6. The SMILES string of the molecule is CC(Oc1cc(-c2ccc(C(=O)N3CCN(CCN(C)C)CC3)cc2)cnc1N)c1c(Cl)ccc(F)c1Cl. The maximum Gasteiger partial charge on any atom is 0.253 e. The summed E-state index contributed by atoms with van der Waals surface area (Å²) in [6.45, 7) is 6.91. The minimum Gasteiger partial charge on any atom is -0.482 e. The van der Waals surface area contributed by atoms with Gasteiger partial charge in [0, 0.05) is 67.2 Å². The van der Waals surface area contributed by atoms with Crippen molar-refractivity contribution in [3.8, 4) is 16.9 Å². The maximum atomic E-state index is 14.0. The molecule has 0 aliphatic carbocycles. The van der Waals surface area contributed by atoms with Crippen molar-refractivity contribution in [3.63, 3.8) is 0 Å². The number of hydrogen-bond donors (Lipinski definition) is 1. The second kappa shape index (κ2) is 12.3. The Morgan fingerprint density at radius 3 is 2.45 bits per heavy atom. The molecule has 1 saturated heterocycles. The number of rotatable bonds is 8. The van der Waals surface area contributed by atoms with Gasteiger partial charge in [0.25, 0.3) is 5.91 Å². The van der Waals surface area contributed by atoms with Gasteiger partial charge in [0.15, 0.2) is 11.6 Å². The van der Waals surface area contributed by atoms with Crippen molar-refractivity contribution >= 4 is 34.9 Å². The van der Waals surface area contributed by atoms with E-state index in [1.54, 1.807) is 19.2 Å². The molecule has 202 valence electrons. The van der Waals surface area contributed by atoms with Gasteiger partial charge in [-0.05, 0) is 56.9 Å². The highest BCUT2D eigenvalue weighted by Gasteiger charge is 2.23. The molecule has 4 rings (SSSR count). The molecule has 1 fully saturated rings. The predicted octanol–water partition coefficient (Wildman–Crippen LogP) is 5.24. The van der Waals surface area contributed by atoms with Crippen molar-refractivity contribution in [2.75, 3.05) is 59.1 Å². The Labute approximate surface area is 232 Å². The van der Waals surface area contributed by atoms with E-state index in [0.29, 0.717) is 35.0 Å². The zero-order chi connectivity index (χ0) is 27.4. The van der Waals surface area contributed by atoms with Crippen LogP contribution in [-0.2, 0) is 0 Å². The van der Waals surface area contributed by atoms with Gasteiger partial charge in [0.2, 0.25) is 0 Å². The van der Waals surface area contributed by atoms with Crippen LogP contribution in [0.25, 0.3) is 11.1 Å². The summed E-state index contributed by atoms with van der Waals surface area (Å²) in [7, 11) is 4.13. The molecule has 1 aliphatic heterocycles. The number of pyridine rings is 1. The summed E-state index contributed by atoms with van der Waals surface area (Å²) in [6, 6.07) is 11.8. The molecule has 7 nitrogen and oxygen atoms in total. The molecule has 1 atom stereocenters. The van der Waals surface area contributed by atoms with Gasteiger partial charge >= 0.3 is 0 Å². The number of carbonyl (C=O) groups is 1. The number of carbonyl (C=O) groups excluding carboxylic acids is 1. The number of halogens is 3. The van der Waals surface area contributed by atoms with E-state index in [0.717, 1.165) is 37.3 Å². The largest absolute Gasteiger partial charge is 0.482 e. The fourth-order valence-corrected chi connectivity index (χ4v) is 5.05. The van der Waals surface area contributed by atoms with E-state index in [-0.39, 0.29) is 16.7 Å². The van der Waals surface area contributed by atoms with Gasteiger partial charge in [0.05, 0.1) is 5.02 Å². The summed E-state index contributed by atoms with van der Waals surface area (Å²) < 4.78 is 20.0. The summed E-state index contributed by atoms with van der Waals surface area (Å²) in [5.41, 5.74) is 8.63. The smallest absolute Gasteiger partial charge is 0.253 e. The van der Waals surface area contributed by atoms with Gasteiger partial charge in [-0.3, -0.25) is 9.69 Å². The van der Waals surface area contributed by atoms with E-state index >= 15 is 0 Å². The van der Waals surface area contributed by atoms with Crippen LogP contribution in [0, 0.1) is 5.82 Å². The quantitative estimate of drug-likeness (QED) is 0.380. The lowest BCUT2D eigenvalue weighted by Crippen LogP contribution is -2.49. The van der Waals surface area contributed by atoms with Crippen LogP contribution >= 0.6 is 23.2 Å². The van der Waals surface area contributed by atoms with Crippen LogP contribution < -0.4 is 10.5 Å². The summed E-state index contributed by atoms with van der Waals surface area (Å²) in [6.07, 6.45) is 0.965. The molecule has 0 bridgehead atoms. The number of amides is 1. The second-order valence-corrected chi connectivity index (χ2v) is 10.4. The van der Waals surface area contributed by atoms with E-state index in [4.69, 9.17) is 33.7 Å². The normalized spacial score (nSPS) is 15.1. The van der Waals surface area contributed by atoms with Gasteiger partial charge in [-0.1, -0.05) is 35.3 Å². The van der Waals surface area contributed by atoms with Crippen molar-refractivity contribution in [3.05, 3.63) is 75.7 Å². The number of nitrogen functional groups attached to an aromatic ring is 1. The van der Waals surface area contributed by atoms with Crippen LogP contribution in [0.1, 0.15) is 28.9 Å². The Morgan fingerprint density at radius 1 is 1.11 bits per heavy atom. The van der Waals surface area contributed by atoms with Crippen molar-refractivity contribution < 1.29 is 13.9 Å². The van der Waals surface area contributed by atoms with Gasteiger partial charge in [-0.2, -0.15) is 0 Å². The monoisotopic (exact) mass is 559 g/mol. The number of aromatic nitrogens is 1. The fraction of sp³-hybridized carbons (Fsp3) is 0.357. The summed E-state index contributed by atoms with van der Waals surface area (Å²) in [4.78, 5) is 23.8. The van der Waals surface area contributed by atoms with Crippen LogP contribution in [0.15, 0.2) is 48.7 Å². The van der Waals surface area contributed by atoms with E-state index in [1.165, 1.54) is 12.1 Å². The third kappa shape index (κ3) is 6.56. The number of benzene rings is 2. The molecule has 10 heteroatoms. The Kier molecular flexibility index (Phi) is 9.10. The van der Waals surface area contributed by atoms with E-state index in [1.807, 2.05) is 29.2 Å². The van der Waals surface area contributed by atoms with Crippen molar-refractivity contribution in [1.82, 2.24) is 19.7 Å². The average Bonchev–Trinajstić information content (AvgIpc) is 2.91. The van der Waals surface area contributed by atoms with Crippen LogP contribution in [0.4, 0.5) is 10.2 Å². The Bertz CT molecular complexity index is 1280. The number of likely N-dealkylation sites (N-methyl/N-ethyl adjacent to an activating group) is 1. The Balaban J connectivity index is 1.44. The van der Waals surface area contributed by atoms with Crippen LogP contribution in [0.2, 0.25) is 10.0 Å². The first-order valence-corrected chi connectivity index (χ1v) is 13.2. The Morgan fingerprint density at radius 2 is 1.79 bits per heavy atom. The van der Waals surface area contributed by atoms with Crippen molar-refractivity contribution in [2.24, 2.45) is 0 Å². The van der Waals surface area contributed by atoms with Crippen LogP contribution in [0.3, 0.4) is 0 Å². The molecule has 2 N–H and O–H groups in total. The highest BCUT2D eigenvalue weighted by atomic mass is 35.5. The molecular weight excluding hydrogens is 528 g/mol. The first kappa shape index (κ1) is 28.1. The van der Waals surface area contributed by atoms with Crippen molar-refractivity contribution in [1.29, 1.82) is 0 Å². The molecular formula is C28H32Cl2FN5O2. The lowest BCUT2D eigenvalue weighted by Gasteiger charge is -2.35. The second-order valence-electron chi connectivity index (χ2n) is 9.64. The van der Waals surface area contributed by atoms with E-state index in [2.05, 4.69) is 28.9 Å². The average molecular weight is 561 g/mol. The standard InChI is InChI=1S/C28H32Cl2FN5O2/c1-18(25-22(29)8-9-23(31)26(25)30)38-24-16-21(17-33-27(24)32)19-4-6-20(7-5-19)28(37)36-14-12-35(13-15-36)11-10-34(2)3/h4-9,16-18H,10-15H2,1-3H3,(H2,32,33). The first-order chi connectivity index (χ1) is 18.1. The number of ether oxygens (including phenoxy) is 1. The molecule has 1 aromatic heterocycles. The molecule has 2 heterocycles. The summed E-state index contributed by atoms with van der Waals surface area (Å²) in [5.74, 6) is -0.0531. The van der Waals surface area contributed by atoms with E-state index < -0.39 is 11.9 Å². The molecule has 0 saturated carbocycles. The zero-order valence-electron chi connectivity index (χ0n) is 21.8. The van der Waals surface area contributed by atoms with E-state index in [9.17, 15) is 9.18 Å². The van der Waals surface area contributed by atoms with Gasteiger partial charge < -0.3 is 20.3 Å². The molecule has 3 aromatic rings. The van der Waals surface area contributed by atoms with Crippen molar-refractivity contribution in [2.45, 2.75) is 13.0 Å². The number of anilines is 1. The molecule has 0 radical (unpaired) electrons. The number of piperazine rings is 1. The first-order valence-electron chi connectivity index (χ1n) is 12.5. The zero-order valence-corrected chi connectivity index (χ0v) is 23.3. The topological polar surface area (TPSA) is 74.9 Å².